The third-order valence-electron chi connectivity index (χ3n) is 5.29. The quantitative estimate of drug-likeness (QED) is 0.505. The number of carbonyl (C=O) groups excluding carboxylic acids is 3. The fraction of sp³-hybridized carbons (Fsp3) is 0.471. The average Bonchev–Trinajstić information content (AvgIpc) is 3.16. The molecule has 1 spiro atoms. The van der Waals surface area contributed by atoms with Crippen molar-refractivity contribution in [2.45, 2.75) is 24.9 Å². The SMILES string of the molecule is CCSCC[C@@H]1N[C@@]2(C(=O)Nc3ccc(Br)cc32)[C@@H]2C(=O)NC(=O)[C@H]12. The van der Waals surface area contributed by atoms with E-state index in [4.69, 9.17) is 0 Å². The molecule has 3 aliphatic heterocycles. The van der Waals surface area contributed by atoms with Gasteiger partial charge < -0.3 is 5.32 Å². The zero-order chi connectivity index (χ0) is 17.8. The van der Waals surface area contributed by atoms with E-state index in [-0.39, 0.29) is 23.8 Å². The molecule has 2 fully saturated rings. The summed E-state index contributed by atoms with van der Waals surface area (Å²) in [6.45, 7) is 2.08. The Bertz CT molecular complexity index is 786. The van der Waals surface area contributed by atoms with Crippen LogP contribution in [0.25, 0.3) is 0 Å². The third kappa shape index (κ3) is 2.38. The van der Waals surface area contributed by atoms with E-state index < -0.39 is 17.4 Å². The van der Waals surface area contributed by atoms with Gasteiger partial charge in [0.1, 0.15) is 5.54 Å². The number of hydrogen-bond acceptors (Lipinski definition) is 5. The second kappa shape index (κ2) is 6.10. The first-order chi connectivity index (χ1) is 12.0. The summed E-state index contributed by atoms with van der Waals surface area (Å²) in [6.07, 6.45) is 0.735. The second-order valence-corrected chi connectivity index (χ2v) is 8.85. The van der Waals surface area contributed by atoms with Crippen LogP contribution in [0.15, 0.2) is 22.7 Å². The molecule has 0 aromatic heterocycles. The molecule has 6 nitrogen and oxygen atoms in total. The second-order valence-electron chi connectivity index (χ2n) is 6.55. The van der Waals surface area contributed by atoms with E-state index in [1.807, 2.05) is 18.2 Å². The zero-order valence-electron chi connectivity index (χ0n) is 13.6. The molecule has 0 unspecified atom stereocenters. The maximum Gasteiger partial charge on any atom is 0.250 e. The zero-order valence-corrected chi connectivity index (χ0v) is 16.0. The smallest absolute Gasteiger partial charge is 0.250 e. The molecule has 3 aliphatic rings. The van der Waals surface area contributed by atoms with E-state index in [2.05, 4.69) is 38.8 Å². The predicted molar refractivity (Wildman–Crippen MR) is 99.1 cm³/mol. The number of nitrogens with one attached hydrogen (secondary N) is 3. The number of amides is 3. The van der Waals surface area contributed by atoms with Gasteiger partial charge in [-0.3, -0.25) is 25.0 Å². The van der Waals surface area contributed by atoms with E-state index >= 15 is 0 Å². The minimum atomic E-state index is -1.18. The molecule has 8 heteroatoms. The highest BCUT2D eigenvalue weighted by molar-refractivity contribution is 9.10. The van der Waals surface area contributed by atoms with Gasteiger partial charge in [0.25, 0.3) is 0 Å². The number of fused-ring (bicyclic) bond motifs is 4. The number of carbonyl (C=O) groups is 3. The van der Waals surface area contributed by atoms with Crippen molar-refractivity contribution < 1.29 is 14.4 Å². The molecule has 25 heavy (non-hydrogen) atoms. The molecule has 0 bridgehead atoms. The topological polar surface area (TPSA) is 87.3 Å². The highest BCUT2D eigenvalue weighted by atomic mass is 79.9. The molecule has 3 N–H and O–H groups in total. The lowest BCUT2D eigenvalue weighted by molar-refractivity contribution is -0.132. The highest BCUT2D eigenvalue weighted by Crippen LogP contribution is 2.52. The van der Waals surface area contributed by atoms with E-state index in [1.54, 1.807) is 11.8 Å². The molecule has 3 amide bonds. The number of rotatable bonds is 4. The maximum absolute atomic E-state index is 13.0. The van der Waals surface area contributed by atoms with Gasteiger partial charge >= 0.3 is 0 Å². The Labute approximate surface area is 158 Å². The largest absolute Gasteiger partial charge is 0.324 e. The van der Waals surface area contributed by atoms with Gasteiger partial charge in [0.2, 0.25) is 17.7 Å². The Hall–Kier alpha value is -1.38. The van der Waals surface area contributed by atoms with Crippen LogP contribution in [0.4, 0.5) is 5.69 Å². The Morgan fingerprint density at radius 1 is 1.20 bits per heavy atom. The van der Waals surface area contributed by atoms with Crippen molar-refractivity contribution in [1.82, 2.24) is 10.6 Å². The lowest BCUT2D eigenvalue weighted by atomic mass is 9.76. The van der Waals surface area contributed by atoms with Gasteiger partial charge in [0, 0.05) is 21.8 Å². The van der Waals surface area contributed by atoms with E-state index in [0.717, 1.165) is 28.0 Å². The van der Waals surface area contributed by atoms with Gasteiger partial charge in [0.15, 0.2) is 0 Å². The fourth-order valence-corrected chi connectivity index (χ4v) is 5.37. The van der Waals surface area contributed by atoms with Crippen molar-refractivity contribution in [1.29, 1.82) is 0 Å². The summed E-state index contributed by atoms with van der Waals surface area (Å²) < 4.78 is 0.829. The predicted octanol–water partition coefficient (Wildman–Crippen LogP) is 1.60. The number of imide groups is 1. The van der Waals surface area contributed by atoms with Crippen molar-refractivity contribution in [2.75, 3.05) is 16.8 Å². The Morgan fingerprint density at radius 3 is 2.76 bits per heavy atom. The summed E-state index contributed by atoms with van der Waals surface area (Å²) in [5.74, 6) is -0.257. The van der Waals surface area contributed by atoms with Crippen LogP contribution in [0, 0.1) is 11.8 Å². The van der Waals surface area contributed by atoms with E-state index in [1.165, 1.54) is 0 Å². The lowest BCUT2D eigenvalue weighted by Crippen LogP contribution is -2.52. The minimum absolute atomic E-state index is 0.203. The molecule has 1 aromatic rings. The highest BCUT2D eigenvalue weighted by Gasteiger charge is 2.68. The first-order valence-corrected chi connectivity index (χ1v) is 10.3. The van der Waals surface area contributed by atoms with Crippen LogP contribution in [0.3, 0.4) is 0 Å². The van der Waals surface area contributed by atoms with Crippen molar-refractivity contribution in [3.63, 3.8) is 0 Å². The summed E-state index contributed by atoms with van der Waals surface area (Å²) >= 11 is 5.23. The molecule has 1 aromatic carbocycles. The molecule has 132 valence electrons. The number of hydrogen-bond donors (Lipinski definition) is 3. The fourth-order valence-electron chi connectivity index (χ4n) is 4.30. The summed E-state index contributed by atoms with van der Waals surface area (Å²) in [5, 5.41) is 8.71. The van der Waals surface area contributed by atoms with Gasteiger partial charge in [-0.15, -0.1) is 0 Å². The van der Waals surface area contributed by atoms with Gasteiger partial charge in [-0.05, 0) is 36.1 Å². The first kappa shape index (κ1) is 17.1. The molecule has 4 atom stereocenters. The van der Waals surface area contributed by atoms with Crippen LogP contribution in [0.1, 0.15) is 18.9 Å². The number of anilines is 1. The molecule has 0 aliphatic carbocycles. The molecule has 0 saturated carbocycles. The Balaban J connectivity index is 1.79. The molecule has 2 saturated heterocycles. The van der Waals surface area contributed by atoms with Crippen LogP contribution >= 0.6 is 27.7 Å². The van der Waals surface area contributed by atoms with Crippen molar-refractivity contribution >= 4 is 51.1 Å². The summed E-state index contributed by atoms with van der Waals surface area (Å²) in [4.78, 5) is 37.9. The number of halogens is 1. The van der Waals surface area contributed by atoms with Gasteiger partial charge in [-0.25, -0.2) is 0 Å². The van der Waals surface area contributed by atoms with Gasteiger partial charge in [-0.1, -0.05) is 22.9 Å². The van der Waals surface area contributed by atoms with Crippen LogP contribution in [0.2, 0.25) is 0 Å². The van der Waals surface area contributed by atoms with Crippen LogP contribution in [-0.2, 0) is 19.9 Å². The van der Waals surface area contributed by atoms with Crippen molar-refractivity contribution in [3.8, 4) is 0 Å². The number of thioether (sulfide) groups is 1. The molecule has 4 rings (SSSR count). The van der Waals surface area contributed by atoms with Crippen molar-refractivity contribution in [2.24, 2.45) is 11.8 Å². The average molecular weight is 424 g/mol. The normalized spacial score (nSPS) is 32.7. The van der Waals surface area contributed by atoms with Gasteiger partial charge in [-0.2, -0.15) is 11.8 Å². The molecular weight excluding hydrogens is 406 g/mol. The van der Waals surface area contributed by atoms with Crippen LogP contribution in [-0.4, -0.2) is 35.3 Å². The molecular formula is C17H18BrN3O3S. The minimum Gasteiger partial charge on any atom is -0.324 e. The monoisotopic (exact) mass is 423 g/mol. The van der Waals surface area contributed by atoms with Gasteiger partial charge in [0.05, 0.1) is 11.8 Å². The van der Waals surface area contributed by atoms with Crippen LogP contribution in [0.5, 0.6) is 0 Å². The third-order valence-corrected chi connectivity index (χ3v) is 6.72. The summed E-state index contributed by atoms with van der Waals surface area (Å²) in [5.41, 5.74) is 0.245. The maximum atomic E-state index is 13.0. The lowest BCUT2D eigenvalue weighted by Gasteiger charge is -2.28. The summed E-state index contributed by atoms with van der Waals surface area (Å²) in [6, 6.07) is 5.32. The van der Waals surface area contributed by atoms with Crippen molar-refractivity contribution in [3.05, 3.63) is 28.2 Å². The molecule has 3 heterocycles. The Morgan fingerprint density at radius 2 is 2.00 bits per heavy atom. The summed E-state index contributed by atoms with van der Waals surface area (Å²) in [7, 11) is 0. The van der Waals surface area contributed by atoms with E-state index in [9.17, 15) is 14.4 Å². The standard InChI is InChI=1S/C17H18BrN3O3S/c1-2-25-6-5-11-12-13(15(23)20-14(12)22)17(21-11)9-7-8(18)3-4-10(9)19-16(17)24/h3-4,7,11-13,21H,2,5-6H2,1H3,(H,19,24)(H,20,22,23)/t11-,12+,13-,17+/m0/s1. The number of benzene rings is 1. The Kier molecular flexibility index (Phi) is 4.16. The molecule has 0 radical (unpaired) electrons. The van der Waals surface area contributed by atoms with E-state index in [0.29, 0.717) is 5.69 Å². The van der Waals surface area contributed by atoms with Crippen LogP contribution < -0.4 is 16.0 Å². The first-order valence-electron chi connectivity index (χ1n) is 8.30.